The monoisotopic (exact) mass is 384 g/mol. The van der Waals surface area contributed by atoms with Gasteiger partial charge in [-0.2, -0.15) is 0 Å². The lowest BCUT2D eigenvalue weighted by molar-refractivity contribution is 0.0168. The predicted octanol–water partition coefficient (Wildman–Crippen LogP) is 1.75. The van der Waals surface area contributed by atoms with Crippen molar-refractivity contribution in [3.63, 3.8) is 0 Å². The van der Waals surface area contributed by atoms with E-state index in [1.165, 1.54) is 0 Å². The molecule has 2 N–H and O–H groups in total. The van der Waals surface area contributed by atoms with Gasteiger partial charge in [-0.15, -0.1) is 0 Å². The summed E-state index contributed by atoms with van der Waals surface area (Å²) in [6.45, 7) is 10.3. The Morgan fingerprint density at radius 1 is 1.33 bits per heavy atom. The summed E-state index contributed by atoms with van der Waals surface area (Å²) in [5.74, 6) is 0.864. The molecule has 0 radical (unpaired) electrons. The van der Waals surface area contributed by atoms with E-state index in [1.807, 2.05) is 20.8 Å². The van der Waals surface area contributed by atoms with Gasteiger partial charge in [0.15, 0.2) is 5.96 Å². The first-order valence-corrected chi connectivity index (χ1v) is 10.0. The van der Waals surface area contributed by atoms with Crippen LogP contribution in [0.3, 0.4) is 0 Å². The molecule has 0 aliphatic carbocycles. The van der Waals surface area contributed by atoms with E-state index in [9.17, 15) is 4.79 Å². The highest BCUT2D eigenvalue weighted by atomic mass is 16.6. The van der Waals surface area contributed by atoms with Crippen molar-refractivity contribution in [1.29, 1.82) is 0 Å². The van der Waals surface area contributed by atoms with Gasteiger partial charge >= 0.3 is 6.09 Å². The second-order valence-corrected chi connectivity index (χ2v) is 8.12. The lowest BCUT2D eigenvalue weighted by atomic mass is 10.2. The van der Waals surface area contributed by atoms with Crippen molar-refractivity contribution in [1.82, 2.24) is 15.5 Å². The van der Waals surface area contributed by atoms with Crippen LogP contribution in [-0.4, -0.2) is 81.2 Å². The molecule has 8 heteroatoms. The molecule has 2 aliphatic heterocycles. The Kier molecular flexibility index (Phi) is 8.63. The third kappa shape index (κ3) is 8.34. The van der Waals surface area contributed by atoms with Crippen LogP contribution in [0, 0.1) is 0 Å². The SMILES string of the molecule is CN=C(NCCCOCC1CCCO1)N1CCC(NC(=O)OC(C)(C)C)C1. The van der Waals surface area contributed by atoms with Crippen molar-refractivity contribution in [2.24, 2.45) is 4.99 Å². The Morgan fingerprint density at radius 3 is 2.81 bits per heavy atom. The molecule has 0 aromatic carbocycles. The first-order valence-electron chi connectivity index (χ1n) is 10.0. The molecule has 0 bridgehead atoms. The highest BCUT2D eigenvalue weighted by molar-refractivity contribution is 5.80. The summed E-state index contributed by atoms with van der Waals surface area (Å²) in [5.41, 5.74) is -0.480. The van der Waals surface area contributed by atoms with Crippen LogP contribution in [0.4, 0.5) is 4.79 Å². The van der Waals surface area contributed by atoms with Crippen molar-refractivity contribution < 1.29 is 19.0 Å². The fourth-order valence-corrected chi connectivity index (χ4v) is 3.24. The lowest BCUT2D eigenvalue weighted by Crippen LogP contribution is -2.44. The number of rotatable bonds is 7. The fourth-order valence-electron chi connectivity index (χ4n) is 3.24. The van der Waals surface area contributed by atoms with Crippen LogP contribution in [0.15, 0.2) is 4.99 Å². The summed E-state index contributed by atoms with van der Waals surface area (Å²) < 4.78 is 16.5. The fraction of sp³-hybridized carbons (Fsp3) is 0.895. The summed E-state index contributed by atoms with van der Waals surface area (Å²) in [6, 6.07) is 0.0770. The summed E-state index contributed by atoms with van der Waals surface area (Å²) >= 11 is 0. The predicted molar refractivity (Wildman–Crippen MR) is 105 cm³/mol. The molecule has 2 heterocycles. The van der Waals surface area contributed by atoms with Crippen LogP contribution in [0.5, 0.6) is 0 Å². The van der Waals surface area contributed by atoms with Gasteiger partial charge in [-0.05, 0) is 46.5 Å². The number of carbonyl (C=O) groups excluding carboxylic acids is 1. The maximum absolute atomic E-state index is 11.9. The van der Waals surface area contributed by atoms with Crippen molar-refractivity contribution >= 4 is 12.1 Å². The van der Waals surface area contributed by atoms with E-state index in [-0.39, 0.29) is 18.2 Å². The standard InChI is InChI=1S/C19H36N4O4/c1-19(2,3)27-18(24)22-15-8-10-23(13-15)17(20-4)21-9-6-11-25-14-16-7-5-12-26-16/h15-16H,5-14H2,1-4H3,(H,20,21)(H,22,24). The molecule has 2 saturated heterocycles. The normalized spacial score (nSPS) is 23.6. The number of guanidine groups is 1. The van der Waals surface area contributed by atoms with Crippen molar-refractivity contribution in [3.05, 3.63) is 0 Å². The van der Waals surface area contributed by atoms with Gasteiger partial charge in [0.05, 0.1) is 18.8 Å². The number of hydrogen-bond acceptors (Lipinski definition) is 5. The summed E-state index contributed by atoms with van der Waals surface area (Å²) in [5, 5.41) is 6.31. The number of nitrogens with zero attached hydrogens (tertiary/aromatic N) is 2. The number of ether oxygens (including phenoxy) is 3. The van der Waals surface area contributed by atoms with Crippen LogP contribution >= 0.6 is 0 Å². The van der Waals surface area contributed by atoms with E-state index in [4.69, 9.17) is 14.2 Å². The van der Waals surface area contributed by atoms with Gasteiger partial charge in [0.1, 0.15) is 5.60 Å². The molecule has 27 heavy (non-hydrogen) atoms. The molecule has 0 aromatic heterocycles. The Balaban J connectivity index is 1.59. The van der Waals surface area contributed by atoms with Crippen LogP contribution in [0.25, 0.3) is 0 Å². The maximum Gasteiger partial charge on any atom is 0.407 e. The minimum atomic E-state index is -0.480. The average Bonchev–Trinajstić information content (AvgIpc) is 3.24. The minimum Gasteiger partial charge on any atom is -0.444 e. The van der Waals surface area contributed by atoms with E-state index < -0.39 is 5.60 Å². The van der Waals surface area contributed by atoms with Gasteiger partial charge in [-0.1, -0.05) is 0 Å². The van der Waals surface area contributed by atoms with Crippen molar-refractivity contribution in [2.75, 3.05) is 46.5 Å². The molecule has 2 aliphatic rings. The smallest absolute Gasteiger partial charge is 0.407 e. The zero-order valence-electron chi connectivity index (χ0n) is 17.3. The number of aliphatic imine (C=N–C) groups is 1. The van der Waals surface area contributed by atoms with Gasteiger partial charge < -0.3 is 29.7 Å². The number of hydrogen-bond donors (Lipinski definition) is 2. The Morgan fingerprint density at radius 2 is 2.15 bits per heavy atom. The third-order valence-corrected chi connectivity index (χ3v) is 4.50. The topological polar surface area (TPSA) is 84.4 Å². The molecule has 0 saturated carbocycles. The van der Waals surface area contributed by atoms with Crippen LogP contribution in [-0.2, 0) is 14.2 Å². The van der Waals surface area contributed by atoms with Crippen LogP contribution < -0.4 is 10.6 Å². The quantitative estimate of drug-likeness (QED) is 0.395. The van der Waals surface area contributed by atoms with E-state index >= 15 is 0 Å². The Bertz CT molecular complexity index is 487. The minimum absolute atomic E-state index is 0.0770. The van der Waals surface area contributed by atoms with Crippen LogP contribution in [0.2, 0.25) is 0 Å². The Labute approximate surface area is 163 Å². The van der Waals surface area contributed by atoms with E-state index in [0.29, 0.717) is 13.2 Å². The molecule has 1 amide bonds. The summed E-state index contributed by atoms with van der Waals surface area (Å²) in [6.07, 6.45) is 3.97. The second-order valence-electron chi connectivity index (χ2n) is 8.12. The highest BCUT2D eigenvalue weighted by Gasteiger charge is 2.27. The number of nitrogens with one attached hydrogen (secondary N) is 2. The number of alkyl carbamates (subject to hydrolysis) is 1. The molecule has 2 atom stereocenters. The zero-order chi connectivity index (χ0) is 19.7. The molecule has 0 aromatic rings. The van der Waals surface area contributed by atoms with Gasteiger partial charge in [0.2, 0.25) is 0 Å². The van der Waals surface area contributed by atoms with Gasteiger partial charge in [-0.25, -0.2) is 4.79 Å². The van der Waals surface area contributed by atoms with Gasteiger partial charge in [0, 0.05) is 39.9 Å². The molecular formula is C19H36N4O4. The van der Waals surface area contributed by atoms with Gasteiger partial charge in [0.25, 0.3) is 0 Å². The third-order valence-electron chi connectivity index (χ3n) is 4.50. The van der Waals surface area contributed by atoms with E-state index in [2.05, 4.69) is 20.5 Å². The first-order chi connectivity index (χ1) is 12.9. The molecule has 156 valence electrons. The zero-order valence-corrected chi connectivity index (χ0v) is 17.3. The van der Waals surface area contributed by atoms with Crippen LogP contribution in [0.1, 0.15) is 46.5 Å². The number of amides is 1. The lowest BCUT2D eigenvalue weighted by Gasteiger charge is -2.23. The first kappa shape index (κ1) is 21.8. The summed E-state index contributed by atoms with van der Waals surface area (Å²) in [7, 11) is 1.78. The number of likely N-dealkylation sites (tertiary alicyclic amines) is 1. The molecule has 0 spiro atoms. The Hall–Kier alpha value is -1.54. The second kappa shape index (κ2) is 10.7. The molecule has 2 unspecified atom stereocenters. The summed E-state index contributed by atoms with van der Waals surface area (Å²) in [4.78, 5) is 18.4. The van der Waals surface area contributed by atoms with Crippen molar-refractivity contribution in [2.45, 2.75) is 64.2 Å². The average molecular weight is 385 g/mol. The number of carbonyl (C=O) groups is 1. The van der Waals surface area contributed by atoms with Gasteiger partial charge in [-0.3, -0.25) is 4.99 Å². The molecule has 2 fully saturated rings. The van der Waals surface area contributed by atoms with Crippen molar-refractivity contribution in [3.8, 4) is 0 Å². The maximum atomic E-state index is 11.9. The highest BCUT2D eigenvalue weighted by Crippen LogP contribution is 2.13. The molecular weight excluding hydrogens is 348 g/mol. The van der Waals surface area contributed by atoms with E-state index in [1.54, 1.807) is 7.05 Å². The largest absolute Gasteiger partial charge is 0.444 e. The molecule has 8 nitrogen and oxygen atoms in total. The van der Waals surface area contributed by atoms with E-state index in [0.717, 1.165) is 57.9 Å². The molecule has 2 rings (SSSR count).